The lowest BCUT2D eigenvalue weighted by Crippen LogP contribution is -2.14. The summed E-state index contributed by atoms with van der Waals surface area (Å²) in [6.45, 7) is 3.15. The lowest BCUT2D eigenvalue weighted by Gasteiger charge is -2.06. The number of rotatable bonds is 6. The van der Waals surface area contributed by atoms with Gasteiger partial charge >= 0.3 is 0 Å². The van der Waals surface area contributed by atoms with Crippen LogP contribution < -0.4 is 5.32 Å². The Morgan fingerprint density at radius 3 is 3.04 bits per heavy atom. The predicted octanol–water partition coefficient (Wildman–Crippen LogP) is 4.95. The molecule has 3 heterocycles. The van der Waals surface area contributed by atoms with Crippen molar-refractivity contribution < 1.29 is 9.21 Å². The van der Waals surface area contributed by atoms with Crippen molar-refractivity contribution in [3.63, 3.8) is 0 Å². The van der Waals surface area contributed by atoms with Crippen LogP contribution in [0, 0.1) is 0 Å². The predicted molar refractivity (Wildman–Crippen MR) is 104 cm³/mol. The summed E-state index contributed by atoms with van der Waals surface area (Å²) >= 11 is 1.56. The van der Waals surface area contributed by atoms with Crippen molar-refractivity contribution in [3.8, 4) is 10.8 Å². The van der Waals surface area contributed by atoms with Crippen molar-refractivity contribution in [2.75, 3.05) is 5.32 Å². The maximum Gasteiger partial charge on any atom is 0.236 e. The number of oxazole rings is 1. The maximum atomic E-state index is 12.3. The number of anilines is 1. The summed E-state index contributed by atoms with van der Waals surface area (Å²) in [4.78, 5) is 17.7. The van der Waals surface area contributed by atoms with Gasteiger partial charge in [-0.2, -0.15) is 0 Å². The smallest absolute Gasteiger partial charge is 0.236 e. The van der Waals surface area contributed by atoms with Gasteiger partial charge in [0.25, 0.3) is 0 Å². The van der Waals surface area contributed by atoms with E-state index in [-0.39, 0.29) is 12.3 Å². The minimum absolute atomic E-state index is 0.108. The zero-order valence-electron chi connectivity index (χ0n) is 14.4. The third kappa shape index (κ3) is 3.41. The average molecular weight is 365 g/mol. The number of benzene rings is 1. The molecule has 0 radical (unpaired) electrons. The molecule has 3 aromatic heterocycles. The molecular formula is C20H19N3O2S. The minimum Gasteiger partial charge on any atom is -0.444 e. The highest BCUT2D eigenvalue weighted by molar-refractivity contribution is 7.13. The number of nitrogens with one attached hydrogen (secondary N) is 1. The molecule has 4 aromatic rings. The zero-order valence-corrected chi connectivity index (χ0v) is 15.3. The molecule has 0 unspecified atom stereocenters. The minimum atomic E-state index is -0.108. The van der Waals surface area contributed by atoms with E-state index < -0.39 is 0 Å². The molecule has 0 saturated carbocycles. The van der Waals surface area contributed by atoms with Gasteiger partial charge in [-0.15, -0.1) is 11.3 Å². The molecular weight excluding hydrogens is 346 g/mol. The molecule has 132 valence electrons. The Morgan fingerprint density at radius 1 is 1.31 bits per heavy atom. The molecule has 0 aliphatic rings. The quantitative estimate of drug-likeness (QED) is 0.526. The lowest BCUT2D eigenvalue weighted by molar-refractivity contribution is -0.115. The fraction of sp³-hybridized carbons (Fsp3) is 0.200. The zero-order chi connectivity index (χ0) is 17.9. The highest BCUT2D eigenvalue weighted by atomic mass is 32.1. The number of aromatic nitrogens is 2. The number of carbonyl (C=O) groups is 1. The van der Waals surface area contributed by atoms with E-state index in [0.29, 0.717) is 11.6 Å². The maximum absolute atomic E-state index is 12.3. The molecule has 1 N–H and O–H groups in total. The van der Waals surface area contributed by atoms with Crippen LogP contribution in [0.2, 0.25) is 0 Å². The summed E-state index contributed by atoms with van der Waals surface area (Å²) < 4.78 is 7.68. The summed E-state index contributed by atoms with van der Waals surface area (Å²) in [5.74, 6) is 0.449. The third-order valence-corrected chi connectivity index (χ3v) is 5.00. The summed E-state index contributed by atoms with van der Waals surface area (Å²) in [5.41, 5.74) is 2.60. The van der Waals surface area contributed by atoms with Crippen LogP contribution in [0.5, 0.6) is 0 Å². The van der Waals surface area contributed by atoms with Crippen LogP contribution in [0.1, 0.15) is 19.0 Å². The summed E-state index contributed by atoms with van der Waals surface area (Å²) in [6, 6.07) is 11.9. The largest absolute Gasteiger partial charge is 0.444 e. The van der Waals surface area contributed by atoms with Crippen LogP contribution in [0.25, 0.3) is 21.7 Å². The van der Waals surface area contributed by atoms with Crippen LogP contribution in [0.3, 0.4) is 0 Å². The Labute approximate surface area is 155 Å². The first kappa shape index (κ1) is 16.6. The van der Waals surface area contributed by atoms with Gasteiger partial charge in [-0.25, -0.2) is 4.98 Å². The number of thiophene rings is 1. The number of hydrogen-bond donors (Lipinski definition) is 1. The van der Waals surface area contributed by atoms with E-state index in [9.17, 15) is 4.79 Å². The Hall–Kier alpha value is -2.86. The van der Waals surface area contributed by atoms with Crippen molar-refractivity contribution in [3.05, 3.63) is 59.9 Å². The molecule has 0 bridgehead atoms. The monoisotopic (exact) mass is 365 g/mol. The molecule has 6 heteroatoms. The molecule has 0 fully saturated rings. The number of amides is 1. The molecule has 0 spiro atoms. The summed E-state index contributed by atoms with van der Waals surface area (Å²) in [6.07, 6.45) is 4.90. The second-order valence-electron chi connectivity index (χ2n) is 6.13. The van der Waals surface area contributed by atoms with Gasteiger partial charge in [-0.1, -0.05) is 13.0 Å². The highest BCUT2D eigenvalue weighted by Gasteiger charge is 2.12. The molecule has 0 aliphatic heterocycles. The third-order valence-electron chi connectivity index (χ3n) is 4.14. The molecule has 0 saturated heterocycles. The Kier molecular flexibility index (Phi) is 4.58. The summed E-state index contributed by atoms with van der Waals surface area (Å²) in [5, 5.41) is 6.03. The number of hydrogen-bond acceptors (Lipinski definition) is 4. The second-order valence-corrected chi connectivity index (χ2v) is 7.08. The van der Waals surface area contributed by atoms with Crippen molar-refractivity contribution in [2.24, 2.45) is 0 Å². The van der Waals surface area contributed by atoms with Crippen LogP contribution in [-0.4, -0.2) is 15.5 Å². The first-order chi connectivity index (χ1) is 12.7. The van der Waals surface area contributed by atoms with E-state index in [1.165, 1.54) is 5.52 Å². The van der Waals surface area contributed by atoms with E-state index >= 15 is 0 Å². The molecule has 1 aromatic carbocycles. The second kappa shape index (κ2) is 7.17. The molecule has 0 atom stereocenters. The van der Waals surface area contributed by atoms with Gasteiger partial charge in [0.15, 0.2) is 0 Å². The van der Waals surface area contributed by atoms with Gasteiger partial charge in [0.2, 0.25) is 11.8 Å². The van der Waals surface area contributed by atoms with E-state index in [0.717, 1.165) is 28.9 Å². The normalized spacial score (nSPS) is 11.1. The van der Waals surface area contributed by atoms with E-state index in [2.05, 4.69) is 34.1 Å². The van der Waals surface area contributed by atoms with Gasteiger partial charge in [0, 0.05) is 29.3 Å². The standard InChI is InChI=1S/C20H19N3O2S/c1-2-8-23-9-7-14-11-15(5-6-17(14)23)21-19(24)12-16-13-25-20(22-16)18-4-3-10-26-18/h3-7,9-11,13H,2,8,12H2,1H3,(H,21,24). The fourth-order valence-electron chi connectivity index (χ4n) is 2.99. The van der Waals surface area contributed by atoms with Gasteiger partial charge in [-0.3, -0.25) is 4.79 Å². The summed E-state index contributed by atoms with van der Waals surface area (Å²) in [7, 11) is 0. The number of carbonyl (C=O) groups excluding carboxylic acids is 1. The van der Waals surface area contributed by atoms with E-state index in [1.807, 2.05) is 35.7 Å². The topological polar surface area (TPSA) is 60.1 Å². The molecule has 1 amide bonds. The first-order valence-electron chi connectivity index (χ1n) is 8.60. The SMILES string of the molecule is CCCn1ccc2cc(NC(=O)Cc3coc(-c4cccs4)n3)ccc21. The van der Waals surface area contributed by atoms with Crippen molar-refractivity contribution >= 4 is 33.8 Å². The fourth-order valence-corrected chi connectivity index (χ4v) is 3.64. The van der Waals surface area contributed by atoms with Gasteiger partial charge < -0.3 is 14.3 Å². The van der Waals surface area contributed by atoms with Gasteiger partial charge in [0.05, 0.1) is 17.0 Å². The van der Waals surface area contributed by atoms with Crippen molar-refractivity contribution in [1.82, 2.24) is 9.55 Å². The molecule has 5 nitrogen and oxygen atoms in total. The molecule has 0 aliphatic carbocycles. The molecule has 26 heavy (non-hydrogen) atoms. The Bertz CT molecular complexity index is 1030. The Morgan fingerprint density at radius 2 is 2.23 bits per heavy atom. The first-order valence-corrected chi connectivity index (χ1v) is 9.48. The number of aryl methyl sites for hydroxylation is 1. The highest BCUT2D eigenvalue weighted by Crippen LogP contribution is 2.24. The lowest BCUT2D eigenvalue weighted by atomic mass is 10.2. The van der Waals surface area contributed by atoms with Crippen LogP contribution in [-0.2, 0) is 17.8 Å². The van der Waals surface area contributed by atoms with Gasteiger partial charge in [-0.05, 0) is 42.1 Å². The molecule has 4 rings (SSSR count). The van der Waals surface area contributed by atoms with Crippen molar-refractivity contribution in [1.29, 1.82) is 0 Å². The van der Waals surface area contributed by atoms with Crippen LogP contribution in [0.15, 0.2) is 58.7 Å². The van der Waals surface area contributed by atoms with Crippen LogP contribution >= 0.6 is 11.3 Å². The Balaban J connectivity index is 1.44. The average Bonchev–Trinajstić information content (AvgIpc) is 3.35. The number of fused-ring (bicyclic) bond motifs is 1. The van der Waals surface area contributed by atoms with E-state index in [4.69, 9.17) is 4.42 Å². The van der Waals surface area contributed by atoms with Gasteiger partial charge in [0.1, 0.15) is 6.26 Å². The van der Waals surface area contributed by atoms with E-state index in [1.54, 1.807) is 17.6 Å². The van der Waals surface area contributed by atoms with Crippen LogP contribution in [0.4, 0.5) is 5.69 Å². The van der Waals surface area contributed by atoms with Crippen molar-refractivity contribution in [2.45, 2.75) is 26.3 Å². The number of nitrogens with zero attached hydrogens (tertiary/aromatic N) is 2.